The van der Waals surface area contributed by atoms with Gasteiger partial charge in [-0.3, -0.25) is 0 Å². The first-order valence-electron chi connectivity index (χ1n) is 6.49. The molecule has 3 heteroatoms. The molecule has 2 rings (SSSR count). The van der Waals surface area contributed by atoms with E-state index < -0.39 is 0 Å². The Labute approximate surface area is 119 Å². The smallest absolute Gasteiger partial charge is 0.0991 e. The molecular weight excluding hydrogens is 246 g/mol. The molecule has 0 spiro atoms. The summed E-state index contributed by atoms with van der Waals surface area (Å²) >= 11 is 0. The number of benzene rings is 2. The lowest BCUT2D eigenvalue weighted by Gasteiger charge is -2.24. The fraction of sp³-hybridized carbons (Fsp3) is 0.176. The van der Waals surface area contributed by atoms with Crippen LogP contribution in [-0.2, 0) is 6.54 Å². The minimum absolute atomic E-state index is 0.479. The van der Waals surface area contributed by atoms with Gasteiger partial charge in [0.25, 0.3) is 0 Å². The summed E-state index contributed by atoms with van der Waals surface area (Å²) in [5.41, 5.74) is 2.83. The van der Waals surface area contributed by atoms with Crippen LogP contribution in [0.15, 0.2) is 54.6 Å². The van der Waals surface area contributed by atoms with Crippen molar-refractivity contribution < 1.29 is 0 Å². The molecule has 2 aromatic carbocycles. The molecule has 0 heterocycles. The van der Waals surface area contributed by atoms with Gasteiger partial charge in [0.2, 0.25) is 0 Å². The van der Waals surface area contributed by atoms with Crippen molar-refractivity contribution in [3.8, 4) is 12.1 Å². The Bertz CT molecular complexity index is 635. The average Bonchev–Trinajstić information content (AvgIpc) is 2.52. The zero-order chi connectivity index (χ0) is 14.2. The number of hydrogen-bond acceptors (Lipinski definition) is 3. The lowest BCUT2D eigenvalue weighted by Crippen LogP contribution is -2.23. The Hall–Kier alpha value is -2.78. The second-order valence-electron chi connectivity index (χ2n) is 4.48. The largest absolute Gasteiger partial charge is 0.366 e. The summed E-state index contributed by atoms with van der Waals surface area (Å²) in [4.78, 5) is 2.15. The summed E-state index contributed by atoms with van der Waals surface area (Å²) < 4.78 is 0. The third-order valence-corrected chi connectivity index (χ3v) is 3.04. The molecule has 0 saturated heterocycles. The summed E-state index contributed by atoms with van der Waals surface area (Å²) in [6, 6.07) is 21.9. The fourth-order valence-corrected chi connectivity index (χ4v) is 2.08. The van der Waals surface area contributed by atoms with Crippen molar-refractivity contribution in [2.24, 2.45) is 0 Å². The van der Waals surface area contributed by atoms with Crippen LogP contribution in [0.3, 0.4) is 0 Å². The predicted octanol–water partition coefficient (Wildman–Crippen LogP) is 3.48. The minimum Gasteiger partial charge on any atom is -0.366 e. The third-order valence-electron chi connectivity index (χ3n) is 3.04. The molecule has 20 heavy (non-hydrogen) atoms. The summed E-state index contributed by atoms with van der Waals surface area (Å²) in [5, 5.41) is 17.7. The Kier molecular flexibility index (Phi) is 4.76. The van der Waals surface area contributed by atoms with Crippen LogP contribution in [0, 0.1) is 22.7 Å². The van der Waals surface area contributed by atoms with Crippen LogP contribution in [0.4, 0.5) is 5.69 Å². The molecule has 0 saturated carbocycles. The highest BCUT2D eigenvalue weighted by molar-refractivity contribution is 5.47. The van der Waals surface area contributed by atoms with Gasteiger partial charge < -0.3 is 4.90 Å². The molecule has 0 unspecified atom stereocenters. The lowest BCUT2D eigenvalue weighted by molar-refractivity contribution is 0.798. The number of rotatable bonds is 5. The van der Waals surface area contributed by atoms with Gasteiger partial charge in [0.15, 0.2) is 0 Å². The third kappa shape index (κ3) is 3.60. The van der Waals surface area contributed by atoms with E-state index in [1.54, 1.807) is 6.07 Å². The fourth-order valence-electron chi connectivity index (χ4n) is 2.08. The lowest BCUT2D eigenvalue weighted by atomic mass is 10.1. The van der Waals surface area contributed by atoms with Crippen LogP contribution in [0.1, 0.15) is 17.5 Å². The zero-order valence-corrected chi connectivity index (χ0v) is 11.2. The van der Waals surface area contributed by atoms with E-state index in [1.807, 2.05) is 48.5 Å². The van der Waals surface area contributed by atoms with E-state index in [9.17, 15) is 0 Å². The van der Waals surface area contributed by atoms with Crippen molar-refractivity contribution in [1.29, 1.82) is 10.5 Å². The van der Waals surface area contributed by atoms with Gasteiger partial charge in [-0.2, -0.15) is 10.5 Å². The molecule has 0 fully saturated rings. The Morgan fingerprint density at radius 2 is 1.75 bits per heavy atom. The van der Waals surface area contributed by atoms with E-state index in [0.717, 1.165) is 11.3 Å². The van der Waals surface area contributed by atoms with E-state index in [2.05, 4.69) is 17.0 Å². The van der Waals surface area contributed by atoms with Gasteiger partial charge >= 0.3 is 0 Å². The van der Waals surface area contributed by atoms with Crippen molar-refractivity contribution in [3.63, 3.8) is 0 Å². The van der Waals surface area contributed by atoms with Gasteiger partial charge in [-0.25, -0.2) is 0 Å². The summed E-state index contributed by atoms with van der Waals surface area (Å²) in [6.45, 7) is 1.37. The van der Waals surface area contributed by atoms with E-state index >= 15 is 0 Å². The van der Waals surface area contributed by atoms with E-state index in [4.69, 9.17) is 10.5 Å². The summed E-state index contributed by atoms with van der Waals surface area (Å²) in [7, 11) is 0. The predicted molar refractivity (Wildman–Crippen MR) is 78.9 cm³/mol. The van der Waals surface area contributed by atoms with Crippen LogP contribution in [0.5, 0.6) is 0 Å². The highest BCUT2D eigenvalue weighted by Crippen LogP contribution is 2.17. The SMILES string of the molecule is N#CCCN(Cc1cccc(C#N)c1)c1ccccc1. The molecule has 0 aliphatic heterocycles. The first kappa shape index (κ1) is 13.6. The van der Waals surface area contributed by atoms with Crippen molar-refractivity contribution in [2.45, 2.75) is 13.0 Å². The van der Waals surface area contributed by atoms with Crippen LogP contribution in [0.25, 0.3) is 0 Å². The van der Waals surface area contributed by atoms with E-state index in [-0.39, 0.29) is 0 Å². The molecule has 0 radical (unpaired) electrons. The maximum absolute atomic E-state index is 8.95. The second kappa shape index (κ2) is 6.97. The molecule has 0 aromatic heterocycles. The van der Waals surface area contributed by atoms with Gasteiger partial charge in [0, 0.05) is 18.8 Å². The molecule has 98 valence electrons. The standard InChI is InChI=1S/C17H15N3/c18-10-5-11-20(17-8-2-1-3-9-17)14-16-7-4-6-15(12-16)13-19/h1-4,6-9,12H,5,11,14H2. The molecule has 0 aliphatic carbocycles. The monoisotopic (exact) mass is 261 g/mol. The van der Waals surface area contributed by atoms with Crippen LogP contribution < -0.4 is 4.90 Å². The summed E-state index contributed by atoms with van der Waals surface area (Å²) in [6.07, 6.45) is 0.479. The molecule has 0 atom stereocenters. The van der Waals surface area contributed by atoms with Crippen molar-refractivity contribution in [2.75, 3.05) is 11.4 Å². The molecule has 0 bridgehead atoms. The number of anilines is 1. The first-order valence-corrected chi connectivity index (χ1v) is 6.49. The van der Waals surface area contributed by atoms with Gasteiger partial charge in [0.1, 0.15) is 0 Å². The van der Waals surface area contributed by atoms with Crippen molar-refractivity contribution in [1.82, 2.24) is 0 Å². The van der Waals surface area contributed by atoms with E-state index in [0.29, 0.717) is 25.1 Å². The van der Waals surface area contributed by atoms with Gasteiger partial charge in [0.05, 0.1) is 24.1 Å². The van der Waals surface area contributed by atoms with Crippen LogP contribution in [-0.4, -0.2) is 6.54 Å². The molecule has 0 N–H and O–H groups in total. The van der Waals surface area contributed by atoms with E-state index in [1.165, 1.54) is 0 Å². The number of nitriles is 2. The number of para-hydroxylation sites is 1. The van der Waals surface area contributed by atoms with Crippen molar-refractivity contribution >= 4 is 5.69 Å². The average molecular weight is 261 g/mol. The number of hydrogen-bond donors (Lipinski definition) is 0. The maximum atomic E-state index is 8.95. The van der Waals surface area contributed by atoms with Crippen molar-refractivity contribution in [3.05, 3.63) is 65.7 Å². The highest BCUT2D eigenvalue weighted by atomic mass is 15.1. The van der Waals surface area contributed by atoms with Gasteiger partial charge in [-0.05, 0) is 29.8 Å². The Morgan fingerprint density at radius 1 is 0.950 bits per heavy atom. The first-order chi connectivity index (χ1) is 9.83. The Morgan fingerprint density at radius 3 is 2.45 bits per heavy atom. The molecule has 2 aromatic rings. The zero-order valence-electron chi connectivity index (χ0n) is 11.2. The second-order valence-corrected chi connectivity index (χ2v) is 4.48. The topological polar surface area (TPSA) is 50.8 Å². The molecule has 3 nitrogen and oxygen atoms in total. The summed E-state index contributed by atoms with van der Waals surface area (Å²) in [5.74, 6) is 0. The molecule has 0 aliphatic rings. The van der Waals surface area contributed by atoms with Gasteiger partial charge in [-0.1, -0.05) is 30.3 Å². The van der Waals surface area contributed by atoms with Crippen LogP contribution in [0.2, 0.25) is 0 Å². The normalized spacial score (nSPS) is 9.50. The maximum Gasteiger partial charge on any atom is 0.0991 e. The molecular formula is C17H15N3. The quantitative estimate of drug-likeness (QED) is 0.828. The molecule has 0 amide bonds. The van der Waals surface area contributed by atoms with Crippen LogP contribution >= 0.6 is 0 Å². The highest BCUT2D eigenvalue weighted by Gasteiger charge is 2.07. The number of nitrogens with zero attached hydrogens (tertiary/aromatic N) is 3. The minimum atomic E-state index is 0.479. The van der Waals surface area contributed by atoms with Gasteiger partial charge in [-0.15, -0.1) is 0 Å². The Balaban J connectivity index is 2.20.